The number of aromatic nitrogens is 1. The minimum atomic E-state index is -0.416. The van der Waals surface area contributed by atoms with Gasteiger partial charge in [-0.3, -0.25) is 19.3 Å². The van der Waals surface area contributed by atoms with Crippen LogP contribution >= 0.6 is 11.8 Å². The first kappa shape index (κ1) is 19.9. The van der Waals surface area contributed by atoms with Crippen LogP contribution in [0.1, 0.15) is 11.1 Å². The molecule has 0 radical (unpaired) electrons. The maximum absolute atomic E-state index is 13.0. The lowest BCUT2D eigenvalue weighted by Gasteiger charge is -2.13. The number of amides is 3. The summed E-state index contributed by atoms with van der Waals surface area (Å²) in [5.41, 5.74) is 2.48. The molecule has 0 saturated carbocycles. The summed E-state index contributed by atoms with van der Waals surface area (Å²) in [5, 5.41) is 3.36. The van der Waals surface area contributed by atoms with Gasteiger partial charge in [-0.2, -0.15) is 0 Å². The summed E-state index contributed by atoms with van der Waals surface area (Å²) < 4.78 is 13.0. The van der Waals surface area contributed by atoms with E-state index in [1.165, 1.54) is 24.3 Å². The number of nitrogens with zero attached hydrogens (tertiary/aromatic N) is 1. The first-order valence-corrected chi connectivity index (χ1v) is 10.2. The van der Waals surface area contributed by atoms with Crippen LogP contribution in [0.15, 0.2) is 59.6 Å². The van der Waals surface area contributed by atoms with Crippen LogP contribution in [0.4, 0.5) is 9.18 Å². The number of rotatable bonds is 6. The zero-order chi connectivity index (χ0) is 21.1. The molecule has 2 N–H and O–H groups in total. The Morgan fingerprint density at radius 3 is 2.70 bits per heavy atom. The number of nitrogens with one attached hydrogen (secondary N) is 2. The second kappa shape index (κ2) is 8.54. The van der Waals surface area contributed by atoms with E-state index in [0.29, 0.717) is 5.56 Å². The number of imide groups is 1. The number of H-pyrrole nitrogens is 1. The van der Waals surface area contributed by atoms with Crippen molar-refractivity contribution >= 4 is 45.8 Å². The van der Waals surface area contributed by atoms with Crippen LogP contribution in [-0.2, 0) is 16.0 Å². The van der Waals surface area contributed by atoms with Gasteiger partial charge in [0.05, 0.1) is 11.3 Å². The summed E-state index contributed by atoms with van der Waals surface area (Å²) in [6.07, 6.45) is 3.57. The molecule has 2 aromatic carbocycles. The van der Waals surface area contributed by atoms with Crippen LogP contribution < -0.4 is 5.32 Å². The minimum Gasteiger partial charge on any atom is -0.361 e. The minimum absolute atomic E-state index is 0.0883. The Morgan fingerprint density at radius 2 is 1.90 bits per heavy atom. The number of hydrogen-bond acceptors (Lipinski definition) is 4. The first-order valence-electron chi connectivity index (χ1n) is 9.34. The smallest absolute Gasteiger partial charge is 0.293 e. The van der Waals surface area contributed by atoms with Crippen LogP contribution in [0.3, 0.4) is 0 Å². The Bertz CT molecular complexity index is 1150. The molecule has 1 fully saturated rings. The predicted molar refractivity (Wildman–Crippen MR) is 114 cm³/mol. The molecule has 0 bridgehead atoms. The number of aromatic amines is 1. The molecule has 152 valence electrons. The van der Waals surface area contributed by atoms with Crippen molar-refractivity contribution in [1.29, 1.82) is 0 Å². The molecule has 3 amide bonds. The van der Waals surface area contributed by atoms with Crippen molar-refractivity contribution in [2.24, 2.45) is 0 Å². The lowest BCUT2D eigenvalue weighted by atomic mass is 10.1. The zero-order valence-electron chi connectivity index (χ0n) is 15.9. The van der Waals surface area contributed by atoms with Gasteiger partial charge in [0.15, 0.2) is 0 Å². The highest BCUT2D eigenvalue weighted by molar-refractivity contribution is 8.18. The third-order valence-corrected chi connectivity index (χ3v) is 5.63. The van der Waals surface area contributed by atoms with E-state index in [0.717, 1.165) is 33.1 Å². The summed E-state index contributed by atoms with van der Waals surface area (Å²) in [6.45, 7) is 0.258. The lowest BCUT2D eigenvalue weighted by molar-refractivity contribution is -0.124. The van der Waals surface area contributed by atoms with E-state index in [1.807, 2.05) is 24.3 Å². The van der Waals surface area contributed by atoms with Crippen LogP contribution in [0.5, 0.6) is 0 Å². The van der Waals surface area contributed by atoms with Gasteiger partial charge >= 0.3 is 0 Å². The van der Waals surface area contributed by atoms with Crippen molar-refractivity contribution in [2.45, 2.75) is 6.42 Å². The fourth-order valence-corrected chi connectivity index (χ4v) is 4.09. The normalized spacial score (nSPS) is 15.4. The van der Waals surface area contributed by atoms with Gasteiger partial charge in [-0.05, 0) is 47.2 Å². The fraction of sp³-hybridized carbons (Fsp3) is 0.136. The largest absolute Gasteiger partial charge is 0.361 e. The van der Waals surface area contributed by atoms with Gasteiger partial charge in [-0.15, -0.1) is 0 Å². The maximum atomic E-state index is 13.0. The molecule has 1 aliphatic rings. The fourth-order valence-electron chi connectivity index (χ4n) is 3.22. The Hall–Kier alpha value is -3.39. The average molecular weight is 423 g/mol. The molecule has 0 atom stereocenters. The van der Waals surface area contributed by atoms with Crippen molar-refractivity contribution in [3.05, 3.63) is 76.6 Å². The number of carbonyl (C=O) groups is 3. The zero-order valence-corrected chi connectivity index (χ0v) is 16.7. The molecular formula is C22H18FN3O3S. The molecule has 4 rings (SSSR count). The van der Waals surface area contributed by atoms with Crippen molar-refractivity contribution in [2.75, 3.05) is 13.1 Å². The summed E-state index contributed by atoms with van der Waals surface area (Å²) in [4.78, 5) is 41.4. The standard InChI is InChI=1S/C22H18FN3O3S/c23-16-7-5-14(6-8-16)11-19-21(28)26(22(29)30-19)10-9-24-20(27)12-15-13-25-18-4-2-1-3-17(15)18/h1-8,11,13,25H,9-10,12H2,(H,24,27). The summed E-state index contributed by atoms with van der Waals surface area (Å²) >= 11 is 0.833. The van der Waals surface area contributed by atoms with Crippen LogP contribution in [-0.4, -0.2) is 40.0 Å². The molecule has 0 aliphatic carbocycles. The highest BCUT2D eigenvalue weighted by Crippen LogP contribution is 2.31. The second-order valence-corrected chi connectivity index (χ2v) is 7.76. The molecule has 1 saturated heterocycles. The highest BCUT2D eigenvalue weighted by Gasteiger charge is 2.34. The van der Waals surface area contributed by atoms with E-state index in [2.05, 4.69) is 10.3 Å². The molecule has 30 heavy (non-hydrogen) atoms. The summed E-state index contributed by atoms with van der Waals surface area (Å²) in [7, 11) is 0. The van der Waals surface area contributed by atoms with Crippen LogP contribution in [0, 0.1) is 5.82 Å². The molecule has 1 aromatic heterocycles. The van der Waals surface area contributed by atoms with Gasteiger partial charge in [0.1, 0.15) is 5.82 Å². The molecule has 0 unspecified atom stereocenters. The van der Waals surface area contributed by atoms with Crippen molar-refractivity contribution in [3.63, 3.8) is 0 Å². The molecule has 0 spiro atoms. The van der Waals surface area contributed by atoms with Gasteiger partial charge < -0.3 is 10.3 Å². The van der Waals surface area contributed by atoms with E-state index in [1.54, 1.807) is 12.3 Å². The van der Waals surface area contributed by atoms with Gasteiger partial charge in [0.2, 0.25) is 5.91 Å². The number of para-hydroxylation sites is 1. The third kappa shape index (κ3) is 4.28. The Morgan fingerprint density at radius 1 is 1.13 bits per heavy atom. The van der Waals surface area contributed by atoms with E-state index in [-0.39, 0.29) is 41.4 Å². The Balaban J connectivity index is 1.32. The third-order valence-electron chi connectivity index (χ3n) is 4.72. The summed E-state index contributed by atoms with van der Waals surface area (Å²) in [5.74, 6) is -0.975. The maximum Gasteiger partial charge on any atom is 0.293 e. The molecular weight excluding hydrogens is 405 g/mol. The first-order chi connectivity index (χ1) is 14.5. The predicted octanol–water partition coefficient (Wildman–Crippen LogP) is 3.70. The van der Waals surface area contributed by atoms with Crippen molar-refractivity contribution in [1.82, 2.24) is 15.2 Å². The number of hydrogen-bond donors (Lipinski definition) is 2. The molecule has 3 aromatic rings. The Labute approximate surface area is 176 Å². The summed E-state index contributed by atoms with van der Waals surface area (Å²) in [6, 6.07) is 13.4. The quantitative estimate of drug-likeness (QED) is 0.593. The SMILES string of the molecule is O=C(Cc1c[nH]c2ccccc12)NCCN1C(=O)SC(=Cc2ccc(F)cc2)C1=O. The average Bonchev–Trinajstić information content (AvgIpc) is 3.25. The topological polar surface area (TPSA) is 82.3 Å². The van der Waals surface area contributed by atoms with Crippen molar-refractivity contribution < 1.29 is 18.8 Å². The van der Waals surface area contributed by atoms with E-state index < -0.39 is 5.91 Å². The van der Waals surface area contributed by atoms with E-state index in [4.69, 9.17) is 0 Å². The monoisotopic (exact) mass is 423 g/mol. The number of carbonyl (C=O) groups excluding carboxylic acids is 3. The van der Waals surface area contributed by atoms with Gasteiger partial charge in [-0.1, -0.05) is 30.3 Å². The number of fused-ring (bicyclic) bond motifs is 1. The van der Waals surface area contributed by atoms with Crippen molar-refractivity contribution in [3.8, 4) is 0 Å². The molecule has 8 heteroatoms. The molecule has 6 nitrogen and oxygen atoms in total. The molecule has 1 aliphatic heterocycles. The Kier molecular flexibility index (Phi) is 5.67. The van der Waals surface area contributed by atoms with Gasteiger partial charge in [-0.25, -0.2) is 4.39 Å². The van der Waals surface area contributed by atoms with Gasteiger partial charge in [0, 0.05) is 30.2 Å². The van der Waals surface area contributed by atoms with Crippen LogP contribution in [0.2, 0.25) is 0 Å². The molecule has 2 heterocycles. The second-order valence-electron chi connectivity index (χ2n) is 6.77. The van der Waals surface area contributed by atoms with Gasteiger partial charge in [0.25, 0.3) is 11.1 Å². The van der Waals surface area contributed by atoms with E-state index in [9.17, 15) is 18.8 Å². The van der Waals surface area contributed by atoms with E-state index >= 15 is 0 Å². The number of thioether (sulfide) groups is 1. The van der Waals surface area contributed by atoms with Crippen LogP contribution in [0.25, 0.3) is 17.0 Å². The number of benzene rings is 2. The number of halogens is 1. The lowest BCUT2D eigenvalue weighted by Crippen LogP contribution is -2.37. The highest BCUT2D eigenvalue weighted by atomic mass is 32.2.